The summed E-state index contributed by atoms with van der Waals surface area (Å²) in [7, 11) is 1.65. The number of alkyl halides is 1. The molecule has 1 unspecified atom stereocenters. The average Bonchev–Trinajstić information content (AvgIpc) is 2.53. The van der Waals surface area contributed by atoms with Crippen LogP contribution in [0.4, 0.5) is 0 Å². The SMILES string of the molecule is COc1ccccc1OCCC(CCl)c1ccc(C)cc1. The Bertz CT molecular complexity index is 551. The van der Waals surface area contributed by atoms with Crippen LogP contribution < -0.4 is 9.47 Å². The maximum atomic E-state index is 6.10. The van der Waals surface area contributed by atoms with Crippen molar-refractivity contribution in [3.8, 4) is 11.5 Å². The van der Waals surface area contributed by atoms with Crippen LogP contribution in [0, 0.1) is 6.92 Å². The van der Waals surface area contributed by atoms with Gasteiger partial charge in [-0.15, -0.1) is 11.6 Å². The van der Waals surface area contributed by atoms with E-state index in [1.54, 1.807) is 7.11 Å². The third-order valence-corrected chi connectivity index (χ3v) is 3.90. The topological polar surface area (TPSA) is 18.5 Å². The van der Waals surface area contributed by atoms with E-state index in [1.165, 1.54) is 11.1 Å². The molecule has 0 saturated carbocycles. The highest BCUT2D eigenvalue weighted by atomic mass is 35.5. The van der Waals surface area contributed by atoms with Gasteiger partial charge < -0.3 is 9.47 Å². The lowest BCUT2D eigenvalue weighted by molar-refractivity contribution is 0.282. The summed E-state index contributed by atoms with van der Waals surface area (Å²) in [5.74, 6) is 2.44. The van der Waals surface area contributed by atoms with E-state index in [0.717, 1.165) is 17.9 Å². The van der Waals surface area contributed by atoms with E-state index < -0.39 is 0 Å². The van der Waals surface area contributed by atoms with Crippen LogP contribution in [0.15, 0.2) is 48.5 Å². The van der Waals surface area contributed by atoms with E-state index >= 15 is 0 Å². The molecule has 112 valence electrons. The maximum absolute atomic E-state index is 6.10. The smallest absolute Gasteiger partial charge is 0.161 e. The fourth-order valence-electron chi connectivity index (χ4n) is 2.22. The number of halogens is 1. The molecule has 0 spiro atoms. The van der Waals surface area contributed by atoms with Crippen LogP contribution in [-0.4, -0.2) is 19.6 Å². The summed E-state index contributed by atoms with van der Waals surface area (Å²) in [4.78, 5) is 0. The first kappa shape index (κ1) is 15.7. The molecule has 0 saturated heterocycles. The van der Waals surface area contributed by atoms with Crippen molar-refractivity contribution in [3.63, 3.8) is 0 Å². The Labute approximate surface area is 131 Å². The van der Waals surface area contributed by atoms with Gasteiger partial charge in [0.1, 0.15) is 0 Å². The van der Waals surface area contributed by atoms with Gasteiger partial charge in [-0.25, -0.2) is 0 Å². The highest BCUT2D eigenvalue weighted by Gasteiger charge is 2.11. The van der Waals surface area contributed by atoms with Gasteiger partial charge in [-0.3, -0.25) is 0 Å². The van der Waals surface area contributed by atoms with Crippen molar-refractivity contribution in [1.29, 1.82) is 0 Å². The first-order valence-electron chi connectivity index (χ1n) is 7.13. The molecule has 0 aliphatic carbocycles. The molecular weight excluding hydrogens is 284 g/mol. The second-order valence-corrected chi connectivity index (χ2v) is 5.36. The molecule has 2 nitrogen and oxygen atoms in total. The van der Waals surface area contributed by atoms with Gasteiger partial charge in [0.15, 0.2) is 11.5 Å². The maximum Gasteiger partial charge on any atom is 0.161 e. The molecule has 0 fully saturated rings. The summed E-state index contributed by atoms with van der Waals surface area (Å²) in [6.45, 7) is 2.70. The van der Waals surface area contributed by atoms with Gasteiger partial charge in [-0.2, -0.15) is 0 Å². The monoisotopic (exact) mass is 304 g/mol. The largest absolute Gasteiger partial charge is 0.493 e. The zero-order valence-corrected chi connectivity index (χ0v) is 13.3. The first-order valence-corrected chi connectivity index (χ1v) is 7.66. The molecule has 2 aromatic carbocycles. The standard InChI is InChI=1S/C18H21ClO2/c1-14-7-9-15(10-8-14)16(13-19)11-12-21-18-6-4-3-5-17(18)20-2/h3-10,16H,11-13H2,1-2H3. The zero-order chi connectivity index (χ0) is 15.1. The molecule has 0 heterocycles. The molecule has 0 aromatic heterocycles. The Morgan fingerprint density at radius 2 is 1.67 bits per heavy atom. The fourth-order valence-corrected chi connectivity index (χ4v) is 2.55. The quantitative estimate of drug-likeness (QED) is 0.684. The van der Waals surface area contributed by atoms with Crippen molar-refractivity contribution in [3.05, 3.63) is 59.7 Å². The van der Waals surface area contributed by atoms with Gasteiger partial charge in [-0.1, -0.05) is 42.0 Å². The minimum Gasteiger partial charge on any atom is -0.493 e. The molecule has 0 radical (unpaired) electrons. The number of benzene rings is 2. The zero-order valence-electron chi connectivity index (χ0n) is 12.5. The van der Waals surface area contributed by atoms with Crippen molar-refractivity contribution in [2.45, 2.75) is 19.3 Å². The Balaban J connectivity index is 1.93. The van der Waals surface area contributed by atoms with Crippen LogP contribution in [0.5, 0.6) is 11.5 Å². The van der Waals surface area contributed by atoms with Gasteiger partial charge in [-0.05, 0) is 31.0 Å². The third-order valence-electron chi connectivity index (χ3n) is 3.53. The van der Waals surface area contributed by atoms with Crippen LogP contribution in [0.25, 0.3) is 0 Å². The summed E-state index contributed by atoms with van der Waals surface area (Å²) in [5.41, 5.74) is 2.52. The van der Waals surface area contributed by atoms with Crippen LogP contribution in [0.1, 0.15) is 23.5 Å². The Morgan fingerprint density at radius 1 is 1.00 bits per heavy atom. The minimum atomic E-state index is 0.307. The van der Waals surface area contributed by atoms with Gasteiger partial charge >= 0.3 is 0 Å². The number of methoxy groups -OCH3 is 1. The van der Waals surface area contributed by atoms with E-state index in [1.807, 2.05) is 24.3 Å². The molecule has 0 aliphatic heterocycles. The van der Waals surface area contributed by atoms with Crippen molar-refractivity contribution in [1.82, 2.24) is 0 Å². The molecule has 1 atom stereocenters. The summed E-state index contributed by atoms with van der Waals surface area (Å²) < 4.78 is 11.1. The number of hydrogen-bond donors (Lipinski definition) is 0. The van der Waals surface area contributed by atoms with Crippen LogP contribution >= 0.6 is 11.6 Å². The van der Waals surface area contributed by atoms with E-state index in [2.05, 4.69) is 31.2 Å². The van der Waals surface area contributed by atoms with Crippen LogP contribution in [0.2, 0.25) is 0 Å². The highest BCUT2D eigenvalue weighted by molar-refractivity contribution is 6.18. The summed E-state index contributed by atoms with van der Waals surface area (Å²) >= 11 is 6.10. The molecule has 2 rings (SSSR count). The molecule has 0 N–H and O–H groups in total. The van der Waals surface area contributed by atoms with Crippen molar-refractivity contribution < 1.29 is 9.47 Å². The van der Waals surface area contributed by atoms with Crippen LogP contribution in [0.3, 0.4) is 0 Å². The molecule has 0 aliphatic rings. The molecule has 2 aromatic rings. The van der Waals surface area contributed by atoms with Gasteiger partial charge in [0.05, 0.1) is 13.7 Å². The highest BCUT2D eigenvalue weighted by Crippen LogP contribution is 2.27. The number of ether oxygens (including phenoxy) is 2. The molecule has 0 bridgehead atoms. The fraction of sp³-hybridized carbons (Fsp3) is 0.333. The number of rotatable bonds is 7. The molecular formula is C18H21ClO2. The summed E-state index contributed by atoms with van der Waals surface area (Å²) in [6, 6.07) is 16.2. The summed E-state index contributed by atoms with van der Waals surface area (Å²) in [5, 5.41) is 0. The number of hydrogen-bond acceptors (Lipinski definition) is 2. The van der Waals surface area contributed by atoms with E-state index in [9.17, 15) is 0 Å². The molecule has 0 amide bonds. The predicted octanol–water partition coefficient (Wildman–Crippen LogP) is 4.80. The van der Waals surface area contributed by atoms with Gasteiger partial charge in [0, 0.05) is 11.8 Å². The Morgan fingerprint density at radius 3 is 2.29 bits per heavy atom. The van der Waals surface area contributed by atoms with Gasteiger partial charge in [0.2, 0.25) is 0 Å². The van der Waals surface area contributed by atoms with Crippen LogP contribution in [-0.2, 0) is 0 Å². The van der Waals surface area contributed by atoms with E-state index in [-0.39, 0.29) is 0 Å². The number of para-hydroxylation sites is 2. The molecule has 3 heteroatoms. The average molecular weight is 305 g/mol. The van der Waals surface area contributed by atoms with Crippen molar-refractivity contribution >= 4 is 11.6 Å². The van der Waals surface area contributed by atoms with E-state index in [4.69, 9.17) is 21.1 Å². The van der Waals surface area contributed by atoms with E-state index in [0.29, 0.717) is 18.4 Å². The lowest BCUT2D eigenvalue weighted by Crippen LogP contribution is -2.08. The van der Waals surface area contributed by atoms with Gasteiger partial charge in [0.25, 0.3) is 0 Å². The lowest BCUT2D eigenvalue weighted by atomic mass is 9.97. The van der Waals surface area contributed by atoms with Crippen molar-refractivity contribution in [2.75, 3.05) is 19.6 Å². The minimum absolute atomic E-state index is 0.307. The number of aryl methyl sites for hydroxylation is 1. The predicted molar refractivity (Wildman–Crippen MR) is 87.7 cm³/mol. The van der Waals surface area contributed by atoms with Crippen molar-refractivity contribution in [2.24, 2.45) is 0 Å². The second-order valence-electron chi connectivity index (χ2n) is 5.05. The normalized spacial score (nSPS) is 12.0. The summed E-state index contributed by atoms with van der Waals surface area (Å²) in [6.07, 6.45) is 0.880. The third kappa shape index (κ3) is 4.40. The lowest BCUT2D eigenvalue weighted by Gasteiger charge is -2.16. The molecule has 21 heavy (non-hydrogen) atoms. The Hall–Kier alpha value is -1.67. The second kappa shape index (κ2) is 7.94. The Kier molecular flexibility index (Phi) is 5.94. The first-order chi connectivity index (χ1) is 10.2.